The van der Waals surface area contributed by atoms with Crippen LogP contribution in [0.5, 0.6) is 0 Å². The van der Waals surface area contributed by atoms with E-state index in [9.17, 15) is 0 Å². The molecule has 0 atom stereocenters. The summed E-state index contributed by atoms with van der Waals surface area (Å²) in [6.45, 7) is 0. The molecule has 2 aromatic rings. The van der Waals surface area contributed by atoms with Crippen LogP contribution in [-0.4, -0.2) is 0 Å². The van der Waals surface area contributed by atoms with Gasteiger partial charge in [0.15, 0.2) is 12.4 Å². The SMILES string of the molecule is C[n+]1ccc(/C=C\c2cccc(Br)c2)cc1. The summed E-state index contributed by atoms with van der Waals surface area (Å²) in [5, 5.41) is 0. The normalized spacial score (nSPS) is 10.9. The lowest BCUT2D eigenvalue weighted by Crippen LogP contribution is -2.25. The zero-order valence-corrected chi connectivity index (χ0v) is 10.7. The average molecular weight is 275 g/mol. The minimum Gasteiger partial charge on any atom is -0.208 e. The molecule has 2 rings (SSSR count). The molecule has 0 spiro atoms. The van der Waals surface area contributed by atoms with Gasteiger partial charge in [-0.1, -0.05) is 40.2 Å². The number of hydrogen-bond donors (Lipinski definition) is 0. The van der Waals surface area contributed by atoms with Gasteiger partial charge < -0.3 is 0 Å². The quantitative estimate of drug-likeness (QED) is 0.739. The molecule has 2 heteroatoms. The zero-order valence-electron chi connectivity index (χ0n) is 9.10. The first-order chi connectivity index (χ1) is 7.74. The summed E-state index contributed by atoms with van der Waals surface area (Å²) in [4.78, 5) is 0. The van der Waals surface area contributed by atoms with E-state index in [1.165, 1.54) is 11.1 Å². The molecule has 0 amide bonds. The number of hydrogen-bond acceptors (Lipinski definition) is 0. The van der Waals surface area contributed by atoms with Gasteiger partial charge in [-0.15, -0.1) is 0 Å². The van der Waals surface area contributed by atoms with Crippen molar-refractivity contribution in [3.05, 3.63) is 64.4 Å². The summed E-state index contributed by atoms with van der Waals surface area (Å²) >= 11 is 3.46. The Morgan fingerprint density at radius 2 is 1.69 bits per heavy atom. The van der Waals surface area contributed by atoms with Crippen molar-refractivity contribution >= 4 is 28.1 Å². The Kier molecular flexibility index (Phi) is 3.52. The largest absolute Gasteiger partial charge is 0.208 e. The molecule has 1 nitrogen and oxygen atoms in total. The van der Waals surface area contributed by atoms with Gasteiger partial charge in [0, 0.05) is 16.6 Å². The van der Waals surface area contributed by atoms with Gasteiger partial charge in [-0.05, 0) is 23.3 Å². The van der Waals surface area contributed by atoms with Crippen molar-refractivity contribution in [2.75, 3.05) is 0 Å². The van der Waals surface area contributed by atoms with E-state index in [1.54, 1.807) is 0 Å². The van der Waals surface area contributed by atoms with Crippen LogP contribution in [0.1, 0.15) is 11.1 Å². The van der Waals surface area contributed by atoms with Crippen molar-refractivity contribution < 1.29 is 4.57 Å². The lowest BCUT2D eigenvalue weighted by molar-refractivity contribution is -0.671. The highest BCUT2D eigenvalue weighted by Crippen LogP contribution is 2.13. The van der Waals surface area contributed by atoms with E-state index >= 15 is 0 Å². The molecular formula is C14H13BrN+. The Morgan fingerprint density at radius 3 is 2.38 bits per heavy atom. The van der Waals surface area contributed by atoms with Crippen LogP contribution in [0.4, 0.5) is 0 Å². The van der Waals surface area contributed by atoms with Gasteiger partial charge in [0.25, 0.3) is 0 Å². The number of aromatic nitrogens is 1. The van der Waals surface area contributed by atoms with E-state index < -0.39 is 0 Å². The number of halogens is 1. The molecule has 1 aromatic heterocycles. The molecule has 0 aliphatic carbocycles. The highest BCUT2D eigenvalue weighted by molar-refractivity contribution is 9.10. The van der Waals surface area contributed by atoms with Crippen molar-refractivity contribution in [1.29, 1.82) is 0 Å². The van der Waals surface area contributed by atoms with E-state index in [0.717, 1.165) is 4.47 Å². The molecular weight excluding hydrogens is 262 g/mol. The van der Waals surface area contributed by atoms with E-state index in [-0.39, 0.29) is 0 Å². The molecule has 0 fully saturated rings. The molecule has 80 valence electrons. The predicted octanol–water partition coefficient (Wildman–Crippen LogP) is 3.44. The van der Waals surface area contributed by atoms with E-state index in [2.05, 4.69) is 52.3 Å². The molecule has 1 aromatic carbocycles. The van der Waals surface area contributed by atoms with Crippen molar-refractivity contribution in [2.24, 2.45) is 7.05 Å². The van der Waals surface area contributed by atoms with Crippen LogP contribution in [0.25, 0.3) is 12.2 Å². The van der Waals surface area contributed by atoms with Gasteiger partial charge in [0.1, 0.15) is 7.05 Å². The number of benzene rings is 1. The van der Waals surface area contributed by atoms with Crippen molar-refractivity contribution in [2.45, 2.75) is 0 Å². The Balaban J connectivity index is 2.18. The van der Waals surface area contributed by atoms with Gasteiger partial charge in [-0.2, -0.15) is 0 Å². The maximum absolute atomic E-state index is 3.46. The minimum absolute atomic E-state index is 1.11. The third-order valence-corrected chi connectivity index (χ3v) is 2.81. The second kappa shape index (κ2) is 5.08. The van der Waals surface area contributed by atoms with Crippen LogP contribution < -0.4 is 4.57 Å². The van der Waals surface area contributed by atoms with Crippen molar-refractivity contribution in [3.8, 4) is 0 Å². The van der Waals surface area contributed by atoms with Crippen molar-refractivity contribution in [3.63, 3.8) is 0 Å². The van der Waals surface area contributed by atoms with Gasteiger partial charge >= 0.3 is 0 Å². The highest BCUT2D eigenvalue weighted by atomic mass is 79.9. The molecule has 0 radical (unpaired) electrons. The molecule has 0 unspecified atom stereocenters. The Labute approximate surface area is 104 Å². The maximum Gasteiger partial charge on any atom is 0.169 e. The second-order valence-electron chi connectivity index (χ2n) is 3.69. The minimum atomic E-state index is 1.11. The lowest BCUT2D eigenvalue weighted by Gasteiger charge is -1.94. The fraction of sp³-hybridized carbons (Fsp3) is 0.0714. The summed E-state index contributed by atoms with van der Waals surface area (Å²) in [5.41, 5.74) is 2.40. The maximum atomic E-state index is 3.46. The van der Waals surface area contributed by atoms with Gasteiger partial charge in [0.05, 0.1) is 0 Å². The summed E-state index contributed by atoms with van der Waals surface area (Å²) < 4.78 is 3.13. The molecule has 0 aliphatic heterocycles. The number of pyridine rings is 1. The fourth-order valence-corrected chi connectivity index (χ4v) is 1.84. The average Bonchev–Trinajstić information content (AvgIpc) is 2.28. The zero-order chi connectivity index (χ0) is 11.4. The molecule has 1 heterocycles. The third kappa shape index (κ3) is 3.04. The van der Waals surface area contributed by atoms with E-state index in [4.69, 9.17) is 0 Å². The topological polar surface area (TPSA) is 3.88 Å². The Hall–Kier alpha value is -1.41. The first kappa shape index (κ1) is 11.1. The number of rotatable bonds is 2. The van der Waals surface area contributed by atoms with Crippen molar-refractivity contribution in [1.82, 2.24) is 0 Å². The van der Waals surface area contributed by atoms with Gasteiger partial charge in [-0.25, -0.2) is 4.57 Å². The highest BCUT2D eigenvalue weighted by Gasteiger charge is 1.92. The molecule has 0 aliphatic rings. The molecule has 0 saturated heterocycles. The Morgan fingerprint density at radius 1 is 1.00 bits per heavy atom. The summed E-state index contributed by atoms with van der Waals surface area (Å²) in [6.07, 6.45) is 8.31. The molecule has 0 bridgehead atoms. The smallest absolute Gasteiger partial charge is 0.169 e. The van der Waals surface area contributed by atoms with Crippen LogP contribution in [0, 0.1) is 0 Å². The van der Waals surface area contributed by atoms with E-state index in [1.807, 2.05) is 36.1 Å². The summed E-state index contributed by atoms with van der Waals surface area (Å²) in [6, 6.07) is 12.4. The summed E-state index contributed by atoms with van der Waals surface area (Å²) in [5.74, 6) is 0. The van der Waals surface area contributed by atoms with Gasteiger partial charge in [0.2, 0.25) is 0 Å². The number of aryl methyl sites for hydroxylation is 1. The van der Waals surface area contributed by atoms with Gasteiger partial charge in [-0.3, -0.25) is 0 Å². The predicted molar refractivity (Wildman–Crippen MR) is 70.7 cm³/mol. The lowest BCUT2D eigenvalue weighted by atomic mass is 10.1. The first-order valence-electron chi connectivity index (χ1n) is 5.13. The second-order valence-corrected chi connectivity index (χ2v) is 4.60. The van der Waals surface area contributed by atoms with Crippen LogP contribution in [0.2, 0.25) is 0 Å². The summed E-state index contributed by atoms with van der Waals surface area (Å²) in [7, 11) is 2.02. The standard InChI is InChI=1S/C14H13BrN/c1-16-9-7-12(8-10-16)5-6-13-3-2-4-14(15)11-13/h2-11H,1H3/q+1/b6-5-. The van der Waals surface area contributed by atoms with Crippen LogP contribution in [0.15, 0.2) is 53.3 Å². The number of nitrogens with zero attached hydrogens (tertiary/aromatic N) is 1. The van der Waals surface area contributed by atoms with Crippen LogP contribution in [0.3, 0.4) is 0 Å². The van der Waals surface area contributed by atoms with Crippen LogP contribution >= 0.6 is 15.9 Å². The monoisotopic (exact) mass is 274 g/mol. The molecule has 0 saturated carbocycles. The third-order valence-electron chi connectivity index (χ3n) is 2.32. The van der Waals surface area contributed by atoms with E-state index in [0.29, 0.717) is 0 Å². The van der Waals surface area contributed by atoms with Crippen LogP contribution in [-0.2, 0) is 7.05 Å². The Bertz CT molecular complexity index is 500. The fourth-order valence-electron chi connectivity index (χ4n) is 1.43. The molecule has 0 N–H and O–H groups in total. The molecule has 16 heavy (non-hydrogen) atoms. The first-order valence-corrected chi connectivity index (χ1v) is 5.92.